The Morgan fingerprint density at radius 1 is 1.00 bits per heavy atom. The number of ether oxygens (including phenoxy) is 1. The van der Waals surface area contributed by atoms with Crippen molar-refractivity contribution in [3.63, 3.8) is 0 Å². The van der Waals surface area contributed by atoms with Gasteiger partial charge in [0.05, 0.1) is 22.9 Å². The normalized spacial score (nSPS) is 13.0. The highest BCUT2D eigenvalue weighted by Gasteiger charge is 2.32. The molecule has 8 nitrogen and oxygen atoms in total. The van der Waals surface area contributed by atoms with Gasteiger partial charge in [-0.05, 0) is 84.7 Å². The molecule has 0 unspecified atom stereocenters. The molecule has 0 spiro atoms. The van der Waals surface area contributed by atoms with Gasteiger partial charge in [0, 0.05) is 29.7 Å². The maximum Gasteiger partial charge on any atom is 0.333 e. The van der Waals surface area contributed by atoms with Crippen LogP contribution in [0.5, 0.6) is 5.75 Å². The summed E-state index contributed by atoms with van der Waals surface area (Å²) in [6.45, 7) is 6.81. The monoisotopic (exact) mass is 636 g/mol. The summed E-state index contributed by atoms with van der Waals surface area (Å²) >= 11 is 9.59. The van der Waals surface area contributed by atoms with Crippen LogP contribution in [0.3, 0.4) is 0 Å². The average Bonchev–Trinajstić information content (AvgIpc) is 3.24. The number of nitrogens with zero attached hydrogens (tertiary/aromatic N) is 3. The topological polar surface area (TPSA) is 85.6 Å². The molecule has 0 fully saturated rings. The minimum absolute atomic E-state index is 0.0913. The zero-order valence-electron chi connectivity index (χ0n) is 23.0. The zero-order valence-corrected chi connectivity index (χ0v) is 25.3. The number of hydrogen-bond acceptors (Lipinski definition) is 4. The van der Waals surface area contributed by atoms with Crippen LogP contribution in [0, 0.1) is 0 Å². The van der Waals surface area contributed by atoms with Crippen LogP contribution in [0.2, 0.25) is 5.02 Å². The van der Waals surface area contributed by atoms with Crippen molar-refractivity contribution in [2.45, 2.75) is 46.0 Å². The first-order valence-corrected chi connectivity index (χ1v) is 14.4. The summed E-state index contributed by atoms with van der Waals surface area (Å²) in [6, 6.07) is 21.6. The molecule has 10 heteroatoms. The summed E-state index contributed by atoms with van der Waals surface area (Å²) in [7, 11) is 0. The Bertz CT molecular complexity index is 1660. The van der Waals surface area contributed by atoms with Crippen molar-refractivity contribution in [2.75, 3.05) is 6.54 Å². The predicted octanol–water partition coefficient (Wildman–Crippen LogP) is 5.82. The van der Waals surface area contributed by atoms with Crippen molar-refractivity contribution in [1.82, 2.24) is 19.4 Å². The molecule has 2 heterocycles. The van der Waals surface area contributed by atoms with E-state index in [9.17, 15) is 14.4 Å². The van der Waals surface area contributed by atoms with E-state index in [1.54, 1.807) is 51.9 Å². The number of halogens is 2. The smallest absolute Gasteiger partial charge is 0.333 e. The Morgan fingerprint density at radius 2 is 1.71 bits per heavy atom. The Hall–Kier alpha value is -3.82. The van der Waals surface area contributed by atoms with Gasteiger partial charge >= 0.3 is 5.69 Å². The van der Waals surface area contributed by atoms with Gasteiger partial charge in [0.1, 0.15) is 17.0 Å². The van der Waals surface area contributed by atoms with Crippen LogP contribution in [0.25, 0.3) is 5.69 Å². The third kappa shape index (κ3) is 6.26. The lowest BCUT2D eigenvalue weighted by Crippen LogP contribution is -2.41. The van der Waals surface area contributed by atoms with Gasteiger partial charge in [-0.15, -0.1) is 0 Å². The maximum absolute atomic E-state index is 13.7. The second-order valence-electron chi connectivity index (χ2n) is 10.8. The highest BCUT2D eigenvalue weighted by Crippen LogP contribution is 2.27. The third-order valence-electron chi connectivity index (χ3n) is 6.66. The van der Waals surface area contributed by atoms with E-state index in [4.69, 9.17) is 16.3 Å². The van der Waals surface area contributed by atoms with Crippen LogP contribution < -0.4 is 15.7 Å². The van der Waals surface area contributed by atoms with Crippen LogP contribution >= 0.6 is 27.5 Å². The van der Waals surface area contributed by atoms with E-state index in [2.05, 4.69) is 21.2 Å². The summed E-state index contributed by atoms with van der Waals surface area (Å²) in [6.07, 6.45) is 0. The van der Waals surface area contributed by atoms with E-state index in [1.165, 1.54) is 4.57 Å². The molecule has 0 bridgehead atoms. The Balaban J connectivity index is 1.53. The Labute approximate surface area is 251 Å². The third-order valence-corrected chi connectivity index (χ3v) is 7.90. The first-order chi connectivity index (χ1) is 19.5. The number of imidazole rings is 1. The molecule has 0 saturated heterocycles. The fourth-order valence-electron chi connectivity index (χ4n) is 4.80. The lowest BCUT2D eigenvalue weighted by Gasteiger charge is -2.28. The summed E-state index contributed by atoms with van der Waals surface area (Å²) in [4.78, 5) is 42.5. The van der Waals surface area contributed by atoms with Gasteiger partial charge in [-0.3, -0.25) is 18.7 Å². The lowest BCUT2D eigenvalue weighted by atomic mass is 10.1. The van der Waals surface area contributed by atoms with Crippen LogP contribution in [0.1, 0.15) is 52.9 Å². The number of carbonyl (C=O) groups is 2. The van der Waals surface area contributed by atoms with Gasteiger partial charge in [0.25, 0.3) is 11.8 Å². The SMILES string of the molecule is CC(C)(C)Oc1ccc(-n2c(C(=O)NCc3ccccc3)c3n(c2=O)CCN(C(=O)c2ccc(Br)c(Cl)c2)C3)cc1. The van der Waals surface area contributed by atoms with Crippen LogP contribution in [-0.4, -0.2) is 38.0 Å². The van der Waals surface area contributed by atoms with Gasteiger partial charge in [-0.1, -0.05) is 41.9 Å². The highest BCUT2D eigenvalue weighted by atomic mass is 79.9. The van der Waals surface area contributed by atoms with Gasteiger partial charge in [0.15, 0.2) is 0 Å². The number of nitrogens with one attached hydrogen (secondary N) is 1. The lowest BCUT2D eigenvalue weighted by molar-refractivity contribution is 0.0706. The fraction of sp³-hybridized carbons (Fsp3) is 0.258. The highest BCUT2D eigenvalue weighted by molar-refractivity contribution is 9.10. The van der Waals surface area contributed by atoms with Gasteiger partial charge in [0.2, 0.25) is 0 Å². The minimum atomic E-state index is -0.407. The Morgan fingerprint density at radius 3 is 2.37 bits per heavy atom. The molecule has 5 rings (SSSR count). The molecule has 0 radical (unpaired) electrons. The second-order valence-corrected chi connectivity index (χ2v) is 12.1. The minimum Gasteiger partial charge on any atom is -0.488 e. The molecule has 1 aromatic heterocycles. The maximum atomic E-state index is 13.7. The molecule has 3 aromatic carbocycles. The summed E-state index contributed by atoms with van der Waals surface area (Å²) in [5.74, 6) is 0.0131. The van der Waals surface area contributed by atoms with E-state index in [-0.39, 0.29) is 42.5 Å². The fourth-order valence-corrected chi connectivity index (χ4v) is 5.22. The average molecular weight is 638 g/mol. The van der Waals surface area contributed by atoms with Crippen LogP contribution in [0.15, 0.2) is 82.1 Å². The number of aromatic nitrogens is 2. The van der Waals surface area contributed by atoms with Gasteiger partial charge in [-0.2, -0.15) is 0 Å². The molecule has 4 aromatic rings. The first kappa shape index (κ1) is 28.7. The van der Waals surface area contributed by atoms with E-state index in [1.807, 2.05) is 51.1 Å². The van der Waals surface area contributed by atoms with Gasteiger partial charge < -0.3 is 15.0 Å². The molecule has 2 amide bonds. The number of carbonyl (C=O) groups excluding carboxylic acids is 2. The van der Waals surface area contributed by atoms with E-state index >= 15 is 0 Å². The van der Waals surface area contributed by atoms with Crippen molar-refractivity contribution in [1.29, 1.82) is 0 Å². The number of benzene rings is 3. The quantitative estimate of drug-likeness (QED) is 0.289. The molecule has 0 atom stereocenters. The van der Waals surface area contributed by atoms with E-state index < -0.39 is 5.91 Å². The summed E-state index contributed by atoms with van der Waals surface area (Å²) in [5.41, 5.74) is 1.83. The van der Waals surface area contributed by atoms with Crippen LogP contribution in [-0.2, 0) is 19.6 Å². The number of hydrogen-bond donors (Lipinski definition) is 1. The van der Waals surface area contributed by atoms with Crippen molar-refractivity contribution in [3.8, 4) is 11.4 Å². The predicted molar refractivity (Wildman–Crippen MR) is 162 cm³/mol. The van der Waals surface area contributed by atoms with Crippen molar-refractivity contribution < 1.29 is 14.3 Å². The Kier molecular flexibility index (Phi) is 8.11. The van der Waals surface area contributed by atoms with E-state index in [0.29, 0.717) is 38.7 Å². The molecule has 1 aliphatic heterocycles. The number of rotatable bonds is 6. The molecule has 1 N–H and O–H groups in total. The standard InChI is InChI=1S/C31H30BrClN4O4/c1-31(2,3)41-23-12-10-22(11-13-23)37-27(28(38)34-18-20-7-5-4-6-8-20)26-19-35(15-16-36(26)30(37)40)29(39)21-9-14-24(32)25(33)17-21/h4-14,17H,15-16,18-19H2,1-3H3,(H,34,38). The second kappa shape index (κ2) is 11.6. The van der Waals surface area contributed by atoms with Crippen molar-refractivity contribution in [2.24, 2.45) is 0 Å². The molecular formula is C31H30BrClN4O4. The summed E-state index contributed by atoms with van der Waals surface area (Å²) < 4.78 is 9.63. The largest absolute Gasteiger partial charge is 0.488 e. The molecular weight excluding hydrogens is 608 g/mol. The van der Waals surface area contributed by atoms with Gasteiger partial charge in [-0.25, -0.2) is 4.79 Å². The molecule has 41 heavy (non-hydrogen) atoms. The molecule has 212 valence electrons. The van der Waals surface area contributed by atoms with E-state index in [0.717, 1.165) is 5.56 Å². The van der Waals surface area contributed by atoms with Crippen LogP contribution in [0.4, 0.5) is 0 Å². The van der Waals surface area contributed by atoms with Crippen molar-refractivity contribution in [3.05, 3.63) is 115 Å². The first-order valence-electron chi connectivity index (χ1n) is 13.2. The number of amides is 2. The molecule has 0 saturated carbocycles. The molecule has 1 aliphatic rings. The zero-order chi connectivity index (χ0) is 29.3. The van der Waals surface area contributed by atoms with Crippen molar-refractivity contribution >= 4 is 39.3 Å². The summed E-state index contributed by atoms with van der Waals surface area (Å²) in [5, 5.41) is 3.38. The molecule has 0 aliphatic carbocycles. The number of fused-ring (bicyclic) bond motifs is 1.